The van der Waals surface area contributed by atoms with Crippen molar-refractivity contribution in [1.29, 1.82) is 0 Å². The van der Waals surface area contributed by atoms with Crippen LogP contribution in [0.15, 0.2) is 84.9 Å². The van der Waals surface area contributed by atoms with E-state index in [4.69, 9.17) is 5.73 Å². The molecule has 214 valence electrons. The van der Waals surface area contributed by atoms with Gasteiger partial charge in [0.25, 0.3) is 0 Å². The molecule has 3 aromatic carbocycles. The smallest absolute Gasteiger partial charge is 0.243 e. The third-order valence-electron chi connectivity index (χ3n) is 7.17. The number of phenolic OH excluding ortho intramolecular Hbond substituents is 1. The number of carbonyl (C=O) groups excluding carboxylic acids is 4. The highest BCUT2D eigenvalue weighted by atomic mass is 16.3. The number of Topliss-reactive ketones (excluding diaryl/α,β-unsaturated/α-hetero) is 1. The molecule has 0 spiro atoms. The molecular formula is C32H36N4O5. The Morgan fingerprint density at radius 1 is 0.854 bits per heavy atom. The van der Waals surface area contributed by atoms with Gasteiger partial charge in [-0.05, 0) is 48.1 Å². The summed E-state index contributed by atoms with van der Waals surface area (Å²) in [6.07, 6.45) is 1.78. The lowest BCUT2D eigenvalue weighted by atomic mass is 10.0. The Morgan fingerprint density at radius 3 is 2.12 bits per heavy atom. The molecule has 9 heteroatoms. The predicted octanol–water partition coefficient (Wildman–Crippen LogP) is 1.91. The number of carbonyl (C=O) groups is 4. The van der Waals surface area contributed by atoms with Gasteiger partial charge in [-0.3, -0.25) is 19.2 Å². The van der Waals surface area contributed by atoms with Gasteiger partial charge in [0.05, 0.1) is 12.6 Å². The van der Waals surface area contributed by atoms with E-state index in [2.05, 4.69) is 10.6 Å². The molecule has 0 unspecified atom stereocenters. The van der Waals surface area contributed by atoms with Gasteiger partial charge in [0, 0.05) is 19.4 Å². The van der Waals surface area contributed by atoms with Crippen LogP contribution in [0.4, 0.5) is 0 Å². The van der Waals surface area contributed by atoms with Crippen molar-refractivity contribution in [2.75, 3.05) is 13.1 Å². The van der Waals surface area contributed by atoms with Gasteiger partial charge in [0.15, 0.2) is 5.78 Å². The van der Waals surface area contributed by atoms with Gasteiger partial charge in [-0.25, -0.2) is 0 Å². The minimum Gasteiger partial charge on any atom is -0.508 e. The monoisotopic (exact) mass is 556 g/mol. The first kappa shape index (κ1) is 29.5. The fourth-order valence-corrected chi connectivity index (χ4v) is 5.01. The number of aromatic hydroxyl groups is 1. The summed E-state index contributed by atoms with van der Waals surface area (Å²) in [4.78, 5) is 53.9. The molecule has 0 aliphatic carbocycles. The van der Waals surface area contributed by atoms with Crippen LogP contribution in [-0.2, 0) is 38.4 Å². The third-order valence-corrected chi connectivity index (χ3v) is 7.17. The zero-order valence-electron chi connectivity index (χ0n) is 22.9. The largest absolute Gasteiger partial charge is 0.508 e. The molecule has 3 atom stereocenters. The molecule has 0 saturated carbocycles. The van der Waals surface area contributed by atoms with Crippen molar-refractivity contribution in [3.63, 3.8) is 0 Å². The highest BCUT2D eigenvalue weighted by Crippen LogP contribution is 2.20. The van der Waals surface area contributed by atoms with E-state index in [-0.39, 0.29) is 43.2 Å². The number of nitrogens with two attached hydrogens (primary N) is 1. The SMILES string of the molecule is N[C@@H](Cc1ccc(O)cc1)C(=O)N1CCC[C@H]1C(=O)N[C@@H](Cc1ccccc1)C(=O)NCC(=O)Cc1ccccc1. The molecule has 0 aromatic heterocycles. The van der Waals surface area contributed by atoms with Crippen molar-refractivity contribution in [1.82, 2.24) is 15.5 Å². The number of nitrogens with one attached hydrogen (secondary N) is 2. The van der Waals surface area contributed by atoms with Gasteiger partial charge < -0.3 is 26.4 Å². The molecule has 1 fully saturated rings. The average Bonchev–Trinajstić information content (AvgIpc) is 3.48. The van der Waals surface area contributed by atoms with Crippen molar-refractivity contribution in [2.45, 2.75) is 50.2 Å². The van der Waals surface area contributed by atoms with Crippen LogP contribution in [0.25, 0.3) is 0 Å². The van der Waals surface area contributed by atoms with E-state index >= 15 is 0 Å². The zero-order valence-corrected chi connectivity index (χ0v) is 22.9. The van der Waals surface area contributed by atoms with E-state index in [0.29, 0.717) is 19.4 Å². The molecule has 1 saturated heterocycles. The second-order valence-electron chi connectivity index (χ2n) is 10.3. The van der Waals surface area contributed by atoms with Crippen molar-refractivity contribution >= 4 is 23.5 Å². The van der Waals surface area contributed by atoms with Crippen LogP contribution in [-0.4, -0.2) is 64.7 Å². The minimum atomic E-state index is -0.933. The lowest BCUT2D eigenvalue weighted by molar-refractivity contribution is -0.140. The van der Waals surface area contributed by atoms with Gasteiger partial charge >= 0.3 is 0 Å². The van der Waals surface area contributed by atoms with E-state index in [1.807, 2.05) is 60.7 Å². The van der Waals surface area contributed by atoms with Crippen LogP contribution in [0.5, 0.6) is 5.75 Å². The lowest BCUT2D eigenvalue weighted by Crippen LogP contribution is -2.56. The van der Waals surface area contributed by atoms with Crippen LogP contribution in [0.1, 0.15) is 29.5 Å². The second kappa shape index (κ2) is 14.2. The molecule has 1 aliphatic rings. The predicted molar refractivity (Wildman–Crippen MR) is 155 cm³/mol. The Bertz CT molecular complexity index is 1330. The quantitative estimate of drug-likeness (QED) is 0.269. The summed E-state index contributed by atoms with van der Waals surface area (Å²) >= 11 is 0. The maximum absolute atomic E-state index is 13.4. The number of nitrogens with zero attached hydrogens (tertiary/aromatic N) is 1. The van der Waals surface area contributed by atoms with Gasteiger partial charge in [0.1, 0.15) is 17.8 Å². The van der Waals surface area contributed by atoms with Crippen LogP contribution in [0.2, 0.25) is 0 Å². The number of ketones is 1. The summed E-state index contributed by atoms with van der Waals surface area (Å²) in [6.45, 7) is 0.235. The summed E-state index contributed by atoms with van der Waals surface area (Å²) < 4.78 is 0. The molecule has 9 nitrogen and oxygen atoms in total. The molecule has 1 aliphatic heterocycles. The summed E-state index contributed by atoms with van der Waals surface area (Å²) in [7, 11) is 0. The fourth-order valence-electron chi connectivity index (χ4n) is 5.01. The van der Waals surface area contributed by atoms with Crippen LogP contribution < -0.4 is 16.4 Å². The third kappa shape index (κ3) is 8.49. The average molecular weight is 557 g/mol. The summed E-state index contributed by atoms with van der Waals surface area (Å²) in [5.41, 5.74) is 8.72. The maximum Gasteiger partial charge on any atom is 0.243 e. The number of hydrogen-bond acceptors (Lipinski definition) is 6. The van der Waals surface area contributed by atoms with E-state index in [0.717, 1.165) is 16.7 Å². The van der Waals surface area contributed by atoms with Crippen molar-refractivity contribution in [3.05, 3.63) is 102 Å². The van der Waals surface area contributed by atoms with E-state index in [1.54, 1.807) is 12.1 Å². The first-order chi connectivity index (χ1) is 19.8. The number of rotatable bonds is 12. The van der Waals surface area contributed by atoms with Crippen LogP contribution in [0, 0.1) is 0 Å². The first-order valence-electron chi connectivity index (χ1n) is 13.8. The summed E-state index contributed by atoms with van der Waals surface area (Å²) in [6, 6.07) is 22.5. The normalized spacial score (nSPS) is 16.0. The topological polar surface area (TPSA) is 142 Å². The van der Waals surface area contributed by atoms with E-state index in [9.17, 15) is 24.3 Å². The number of phenols is 1. The minimum absolute atomic E-state index is 0.125. The molecular weight excluding hydrogens is 520 g/mol. The fraction of sp³-hybridized carbons (Fsp3) is 0.312. The molecule has 1 heterocycles. The van der Waals surface area contributed by atoms with Crippen LogP contribution in [0.3, 0.4) is 0 Å². The Hall–Kier alpha value is -4.50. The molecule has 5 N–H and O–H groups in total. The number of benzene rings is 3. The summed E-state index contributed by atoms with van der Waals surface area (Å²) in [5, 5.41) is 15.0. The molecule has 0 bridgehead atoms. The van der Waals surface area contributed by atoms with E-state index in [1.165, 1.54) is 17.0 Å². The maximum atomic E-state index is 13.4. The van der Waals surface area contributed by atoms with Gasteiger partial charge in [-0.1, -0.05) is 72.8 Å². The highest BCUT2D eigenvalue weighted by Gasteiger charge is 2.37. The number of likely N-dealkylation sites (tertiary alicyclic amines) is 1. The van der Waals surface area contributed by atoms with Crippen molar-refractivity contribution in [3.8, 4) is 5.75 Å². The first-order valence-corrected chi connectivity index (χ1v) is 13.8. The van der Waals surface area contributed by atoms with Crippen molar-refractivity contribution < 1.29 is 24.3 Å². The summed E-state index contributed by atoms with van der Waals surface area (Å²) in [5.74, 6) is -1.27. The standard InChI is InChI=1S/C32H36N4O5/c33-27(19-24-13-15-25(37)16-14-24)32(41)36-17-7-12-29(36)31(40)35-28(20-23-10-5-2-6-11-23)30(39)34-21-26(38)18-22-8-3-1-4-9-22/h1-6,8-11,13-16,27-29,37H,7,12,17-21,33H2,(H,34,39)(H,35,40)/t27-,28-,29-/m0/s1. The Labute approximate surface area is 239 Å². The second-order valence-corrected chi connectivity index (χ2v) is 10.3. The van der Waals surface area contributed by atoms with Gasteiger partial charge in [-0.2, -0.15) is 0 Å². The number of hydrogen-bond donors (Lipinski definition) is 4. The van der Waals surface area contributed by atoms with Crippen LogP contribution >= 0.6 is 0 Å². The van der Waals surface area contributed by atoms with E-state index < -0.39 is 29.9 Å². The van der Waals surface area contributed by atoms with Gasteiger partial charge in [-0.15, -0.1) is 0 Å². The Kier molecular flexibility index (Phi) is 10.2. The molecule has 0 radical (unpaired) electrons. The molecule has 3 aromatic rings. The molecule has 3 amide bonds. The molecule has 41 heavy (non-hydrogen) atoms. The Balaban J connectivity index is 1.39. The van der Waals surface area contributed by atoms with Gasteiger partial charge in [0.2, 0.25) is 17.7 Å². The Morgan fingerprint density at radius 2 is 1.46 bits per heavy atom. The van der Waals surface area contributed by atoms with Crippen molar-refractivity contribution in [2.24, 2.45) is 5.73 Å². The zero-order chi connectivity index (χ0) is 29.2. The number of amides is 3. The lowest BCUT2D eigenvalue weighted by Gasteiger charge is -2.28. The highest BCUT2D eigenvalue weighted by molar-refractivity contribution is 5.95. The molecule has 4 rings (SSSR count).